The zero-order valence-electron chi connectivity index (χ0n) is 10.4. The number of rotatable bonds is 2. The van der Waals surface area contributed by atoms with Crippen LogP contribution in [0.15, 0.2) is 18.2 Å². The SMILES string of the molecule is CC1CCCC1Cn1c(=S)[nH]c2c(F)cccc21. The molecule has 0 radical (unpaired) electrons. The fraction of sp³-hybridized carbons (Fsp3) is 0.500. The number of nitrogens with one attached hydrogen (secondary N) is 1. The maximum Gasteiger partial charge on any atom is 0.178 e. The van der Waals surface area contributed by atoms with Gasteiger partial charge < -0.3 is 9.55 Å². The van der Waals surface area contributed by atoms with Gasteiger partial charge in [0.15, 0.2) is 4.77 Å². The normalized spacial score (nSPS) is 23.9. The molecule has 1 heterocycles. The summed E-state index contributed by atoms with van der Waals surface area (Å²) < 4.78 is 16.4. The van der Waals surface area contributed by atoms with E-state index in [4.69, 9.17) is 12.2 Å². The van der Waals surface area contributed by atoms with Crippen LogP contribution in [0.4, 0.5) is 4.39 Å². The van der Waals surface area contributed by atoms with Crippen molar-refractivity contribution < 1.29 is 4.39 Å². The topological polar surface area (TPSA) is 20.7 Å². The van der Waals surface area contributed by atoms with E-state index in [9.17, 15) is 4.39 Å². The van der Waals surface area contributed by atoms with E-state index in [1.165, 1.54) is 25.3 Å². The van der Waals surface area contributed by atoms with Crippen molar-refractivity contribution in [1.82, 2.24) is 9.55 Å². The lowest BCUT2D eigenvalue weighted by atomic mass is 9.98. The Kier molecular flexibility index (Phi) is 2.98. The Morgan fingerprint density at radius 1 is 1.44 bits per heavy atom. The second-order valence-corrected chi connectivity index (χ2v) is 5.73. The summed E-state index contributed by atoms with van der Waals surface area (Å²) >= 11 is 5.33. The Hall–Kier alpha value is -1.16. The number of aromatic amines is 1. The molecule has 1 aromatic heterocycles. The quantitative estimate of drug-likeness (QED) is 0.803. The molecule has 1 aromatic carbocycles. The molecule has 0 spiro atoms. The minimum atomic E-state index is -0.225. The first-order chi connectivity index (χ1) is 8.66. The number of hydrogen-bond acceptors (Lipinski definition) is 1. The van der Waals surface area contributed by atoms with E-state index < -0.39 is 0 Å². The summed E-state index contributed by atoms with van der Waals surface area (Å²) in [6.45, 7) is 3.21. The van der Waals surface area contributed by atoms with Gasteiger partial charge in [0.05, 0.1) is 5.52 Å². The summed E-state index contributed by atoms with van der Waals surface area (Å²) in [4.78, 5) is 2.99. The summed E-state index contributed by atoms with van der Waals surface area (Å²) in [6.07, 6.45) is 3.86. The summed E-state index contributed by atoms with van der Waals surface area (Å²) in [5.74, 6) is 1.18. The average molecular weight is 264 g/mol. The first kappa shape index (κ1) is 11.9. The largest absolute Gasteiger partial charge is 0.328 e. The molecule has 96 valence electrons. The molecule has 2 nitrogen and oxygen atoms in total. The van der Waals surface area contributed by atoms with Gasteiger partial charge in [-0.3, -0.25) is 0 Å². The van der Waals surface area contributed by atoms with E-state index in [0.29, 0.717) is 16.2 Å². The van der Waals surface area contributed by atoms with Gasteiger partial charge in [-0.05, 0) is 42.6 Å². The summed E-state index contributed by atoms with van der Waals surface area (Å²) in [5, 5.41) is 0. The molecule has 2 aromatic rings. The molecule has 4 heteroatoms. The summed E-state index contributed by atoms with van der Waals surface area (Å²) in [7, 11) is 0. The van der Waals surface area contributed by atoms with Crippen molar-refractivity contribution in [3.63, 3.8) is 0 Å². The number of benzene rings is 1. The highest BCUT2D eigenvalue weighted by molar-refractivity contribution is 7.71. The lowest BCUT2D eigenvalue weighted by molar-refractivity contribution is 0.366. The van der Waals surface area contributed by atoms with E-state index in [2.05, 4.69) is 16.5 Å². The highest BCUT2D eigenvalue weighted by atomic mass is 32.1. The second-order valence-electron chi connectivity index (χ2n) is 5.34. The molecule has 1 saturated carbocycles. The number of halogens is 1. The average Bonchev–Trinajstić information content (AvgIpc) is 2.87. The van der Waals surface area contributed by atoms with Crippen molar-refractivity contribution in [3.8, 4) is 0 Å². The lowest BCUT2D eigenvalue weighted by Gasteiger charge is -2.16. The minimum Gasteiger partial charge on any atom is -0.328 e. The summed E-state index contributed by atoms with van der Waals surface area (Å²) in [5.41, 5.74) is 1.42. The van der Waals surface area contributed by atoms with E-state index >= 15 is 0 Å². The van der Waals surface area contributed by atoms with E-state index in [1.807, 2.05) is 6.07 Å². The molecular formula is C14H17FN2S. The molecule has 3 rings (SSSR count). The van der Waals surface area contributed by atoms with Crippen molar-refractivity contribution in [2.45, 2.75) is 32.7 Å². The van der Waals surface area contributed by atoms with Gasteiger partial charge >= 0.3 is 0 Å². The number of H-pyrrole nitrogens is 1. The van der Waals surface area contributed by atoms with Crippen LogP contribution in [0.25, 0.3) is 11.0 Å². The number of hydrogen-bond donors (Lipinski definition) is 1. The van der Waals surface area contributed by atoms with Crippen LogP contribution in [0.5, 0.6) is 0 Å². The van der Waals surface area contributed by atoms with Crippen LogP contribution in [0.1, 0.15) is 26.2 Å². The van der Waals surface area contributed by atoms with Gasteiger partial charge in [0.1, 0.15) is 11.3 Å². The van der Waals surface area contributed by atoms with E-state index in [-0.39, 0.29) is 5.82 Å². The second kappa shape index (κ2) is 4.50. The van der Waals surface area contributed by atoms with Crippen LogP contribution < -0.4 is 0 Å². The first-order valence-corrected chi connectivity index (χ1v) is 6.94. The van der Waals surface area contributed by atoms with Gasteiger partial charge in [-0.2, -0.15) is 0 Å². The molecule has 2 atom stereocenters. The third-order valence-corrected chi connectivity index (χ3v) is 4.54. The Labute approximate surface area is 111 Å². The number of para-hydroxylation sites is 1. The molecule has 0 saturated heterocycles. The van der Waals surface area contributed by atoms with Gasteiger partial charge in [-0.15, -0.1) is 0 Å². The molecular weight excluding hydrogens is 247 g/mol. The molecule has 1 aliphatic rings. The molecule has 1 fully saturated rings. The molecule has 0 bridgehead atoms. The van der Waals surface area contributed by atoms with Crippen LogP contribution in [0.2, 0.25) is 0 Å². The highest BCUT2D eigenvalue weighted by Gasteiger charge is 2.24. The number of nitrogens with zero attached hydrogens (tertiary/aromatic N) is 1. The smallest absolute Gasteiger partial charge is 0.178 e. The van der Waals surface area contributed by atoms with Crippen LogP contribution in [-0.4, -0.2) is 9.55 Å². The predicted molar refractivity (Wildman–Crippen MR) is 73.6 cm³/mol. The maximum absolute atomic E-state index is 13.7. The van der Waals surface area contributed by atoms with Crippen molar-refractivity contribution in [1.29, 1.82) is 0 Å². The number of aromatic nitrogens is 2. The zero-order valence-corrected chi connectivity index (χ0v) is 11.3. The number of fused-ring (bicyclic) bond motifs is 1. The predicted octanol–water partition coefficient (Wildman–Crippen LogP) is 4.27. The molecule has 2 unspecified atom stereocenters. The fourth-order valence-corrected chi connectivity index (χ4v) is 3.33. The molecule has 0 aliphatic heterocycles. The van der Waals surface area contributed by atoms with Crippen molar-refractivity contribution in [2.75, 3.05) is 0 Å². The Morgan fingerprint density at radius 2 is 2.28 bits per heavy atom. The minimum absolute atomic E-state index is 0.225. The van der Waals surface area contributed by atoms with Crippen molar-refractivity contribution in [3.05, 3.63) is 28.8 Å². The third kappa shape index (κ3) is 1.88. The molecule has 18 heavy (non-hydrogen) atoms. The third-order valence-electron chi connectivity index (χ3n) is 4.22. The zero-order chi connectivity index (χ0) is 12.7. The van der Waals surface area contributed by atoms with Crippen LogP contribution in [0.3, 0.4) is 0 Å². The van der Waals surface area contributed by atoms with Gasteiger partial charge in [0.2, 0.25) is 0 Å². The van der Waals surface area contributed by atoms with Gasteiger partial charge in [0, 0.05) is 6.54 Å². The van der Waals surface area contributed by atoms with Gasteiger partial charge in [0.25, 0.3) is 0 Å². The molecule has 1 N–H and O–H groups in total. The monoisotopic (exact) mass is 264 g/mol. The van der Waals surface area contributed by atoms with Gasteiger partial charge in [-0.1, -0.05) is 25.8 Å². The van der Waals surface area contributed by atoms with Crippen LogP contribution >= 0.6 is 12.2 Å². The molecule has 1 aliphatic carbocycles. The number of imidazole rings is 1. The Morgan fingerprint density at radius 3 is 3.00 bits per heavy atom. The summed E-state index contributed by atoms with van der Waals surface area (Å²) in [6, 6.07) is 5.15. The lowest BCUT2D eigenvalue weighted by Crippen LogP contribution is -2.13. The first-order valence-electron chi connectivity index (χ1n) is 6.54. The Balaban J connectivity index is 2.04. The van der Waals surface area contributed by atoms with Crippen LogP contribution in [0, 0.1) is 22.4 Å². The van der Waals surface area contributed by atoms with Gasteiger partial charge in [-0.25, -0.2) is 4.39 Å². The van der Waals surface area contributed by atoms with E-state index in [0.717, 1.165) is 18.0 Å². The Bertz CT molecular complexity index is 628. The van der Waals surface area contributed by atoms with Crippen molar-refractivity contribution in [2.24, 2.45) is 11.8 Å². The highest BCUT2D eigenvalue weighted by Crippen LogP contribution is 2.33. The van der Waals surface area contributed by atoms with Crippen LogP contribution in [-0.2, 0) is 6.54 Å². The standard InChI is InChI=1S/C14H17FN2S/c1-9-4-2-5-10(9)8-17-12-7-3-6-11(15)13(12)16-14(17)18/h3,6-7,9-10H,2,4-5,8H2,1H3,(H,16,18). The molecule has 0 amide bonds. The van der Waals surface area contributed by atoms with Crippen molar-refractivity contribution >= 4 is 23.3 Å². The van der Waals surface area contributed by atoms with E-state index in [1.54, 1.807) is 6.07 Å². The maximum atomic E-state index is 13.7. The fourth-order valence-electron chi connectivity index (χ4n) is 3.05.